The van der Waals surface area contributed by atoms with Gasteiger partial charge in [-0.05, 0) is 5.92 Å². The predicted molar refractivity (Wildman–Crippen MR) is 98.8 cm³/mol. The minimum absolute atomic E-state index is 0.423. The zero-order valence-corrected chi connectivity index (χ0v) is 16.3. The first kappa shape index (κ1) is 26.2. The van der Waals surface area contributed by atoms with Crippen LogP contribution in [0.4, 0.5) is 0 Å². The molecule has 0 aliphatic heterocycles. The number of primary amides is 1. The fraction of sp³-hybridized carbons (Fsp3) is 0.688. The van der Waals surface area contributed by atoms with E-state index in [9.17, 15) is 34.2 Å². The van der Waals surface area contributed by atoms with Crippen molar-refractivity contribution in [3.05, 3.63) is 0 Å². The summed E-state index contributed by atoms with van der Waals surface area (Å²) in [4.78, 5) is 58.9. The van der Waals surface area contributed by atoms with Crippen LogP contribution < -0.4 is 27.4 Å². The molecule has 10 N–H and O–H groups in total. The van der Waals surface area contributed by atoms with Crippen LogP contribution in [0.1, 0.15) is 26.7 Å². The molecular formula is C16H29N5O8. The van der Waals surface area contributed by atoms with Gasteiger partial charge in [-0.1, -0.05) is 20.3 Å². The Labute approximate surface area is 167 Å². The summed E-state index contributed by atoms with van der Waals surface area (Å²) in [6.07, 6.45) is -0.189. The van der Waals surface area contributed by atoms with Crippen LogP contribution in [-0.4, -0.2) is 82.3 Å². The number of aliphatic hydroxyl groups excluding tert-OH is 2. The van der Waals surface area contributed by atoms with E-state index in [1.54, 1.807) is 13.8 Å². The molecule has 166 valence electrons. The number of hydrogen-bond donors (Lipinski definition) is 8. The second-order valence-corrected chi connectivity index (χ2v) is 6.47. The average molecular weight is 419 g/mol. The van der Waals surface area contributed by atoms with Gasteiger partial charge in [0.25, 0.3) is 0 Å². The minimum atomic E-state index is -1.55. The first-order chi connectivity index (χ1) is 13.5. The maximum atomic E-state index is 12.4. The number of nitrogens with two attached hydrogens (primary N) is 2. The van der Waals surface area contributed by atoms with Gasteiger partial charge in [-0.25, -0.2) is 4.79 Å². The molecule has 29 heavy (non-hydrogen) atoms. The molecule has 0 saturated carbocycles. The van der Waals surface area contributed by atoms with Gasteiger partial charge in [0, 0.05) is 0 Å². The van der Waals surface area contributed by atoms with E-state index >= 15 is 0 Å². The van der Waals surface area contributed by atoms with E-state index in [0.717, 1.165) is 0 Å². The lowest BCUT2D eigenvalue weighted by molar-refractivity contribution is -0.144. The molecule has 4 amide bonds. The molecule has 0 aliphatic carbocycles. The van der Waals surface area contributed by atoms with Crippen molar-refractivity contribution in [2.75, 3.05) is 13.2 Å². The summed E-state index contributed by atoms with van der Waals surface area (Å²) in [5.41, 5.74) is 10.4. The number of aliphatic carboxylic acids is 1. The van der Waals surface area contributed by atoms with Gasteiger partial charge in [-0.3, -0.25) is 19.2 Å². The highest BCUT2D eigenvalue weighted by Gasteiger charge is 2.32. The molecule has 13 nitrogen and oxygen atoms in total. The van der Waals surface area contributed by atoms with Crippen molar-refractivity contribution in [1.29, 1.82) is 0 Å². The average Bonchev–Trinajstić information content (AvgIpc) is 2.67. The molecule has 0 saturated heterocycles. The highest BCUT2D eigenvalue weighted by atomic mass is 16.4. The van der Waals surface area contributed by atoms with Gasteiger partial charge < -0.3 is 42.7 Å². The van der Waals surface area contributed by atoms with Crippen LogP contribution in [0.5, 0.6) is 0 Å². The second-order valence-electron chi connectivity index (χ2n) is 6.47. The number of carbonyl (C=O) groups is 5. The summed E-state index contributed by atoms with van der Waals surface area (Å²) in [7, 11) is 0. The number of carbonyl (C=O) groups excluding carboxylic acids is 4. The molecule has 0 fully saturated rings. The molecule has 5 atom stereocenters. The van der Waals surface area contributed by atoms with Crippen molar-refractivity contribution in [1.82, 2.24) is 16.0 Å². The maximum absolute atomic E-state index is 12.4. The maximum Gasteiger partial charge on any atom is 0.326 e. The van der Waals surface area contributed by atoms with Crippen LogP contribution >= 0.6 is 0 Å². The summed E-state index contributed by atoms with van der Waals surface area (Å²) in [5, 5.41) is 34.0. The first-order valence-electron chi connectivity index (χ1n) is 8.87. The highest BCUT2D eigenvalue weighted by Crippen LogP contribution is 2.08. The lowest BCUT2D eigenvalue weighted by atomic mass is 9.99. The Hall–Kier alpha value is -2.77. The van der Waals surface area contributed by atoms with E-state index in [-0.39, 0.29) is 0 Å². The topological polar surface area (TPSA) is 234 Å². The summed E-state index contributed by atoms with van der Waals surface area (Å²) in [6, 6.07) is -5.68. The number of hydrogen-bond acceptors (Lipinski definition) is 8. The lowest BCUT2D eigenvalue weighted by Crippen LogP contribution is -2.59. The van der Waals surface area contributed by atoms with Crippen molar-refractivity contribution >= 4 is 29.6 Å². The van der Waals surface area contributed by atoms with Gasteiger partial charge >= 0.3 is 5.97 Å². The molecule has 0 aromatic heterocycles. The van der Waals surface area contributed by atoms with Crippen LogP contribution in [0, 0.1) is 5.92 Å². The Morgan fingerprint density at radius 3 is 1.83 bits per heavy atom. The lowest BCUT2D eigenvalue weighted by Gasteiger charge is -2.25. The molecule has 0 radical (unpaired) electrons. The number of carboxylic acid groups (broad SMARTS) is 1. The fourth-order valence-corrected chi connectivity index (χ4v) is 2.18. The molecule has 13 heteroatoms. The zero-order valence-electron chi connectivity index (χ0n) is 16.3. The third-order valence-electron chi connectivity index (χ3n) is 4.16. The molecule has 0 rings (SSSR count). The molecule has 0 aromatic carbocycles. The number of aliphatic hydroxyl groups is 2. The zero-order chi connectivity index (χ0) is 22.7. The number of rotatable bonds is 13. The van der Waals surface area contributed by atoms with Crippen molar-refractivity contribution in [3.8, 4) is 0 Å². The van der Waals surface area contributed by atoms with Crippen molar-refractivity contribution < 1.29 is 39.3 Å². The smallest absolute Gasteiger partial charge is 0.326 e. The molecule has 0 aromatic rings. The van der Waals surface area contributed by atoms with Gasteiger partial charge in [0.05, 0.1) is 19.6 Å². The molecule has 0 heterocycles. The Morgan fingerprint density at radius 2 is 1.41 bits per heavy atom. The number of nitrogens with one attached hydrogen (secondary N) is 3. The fourth-order valence-electron chi connectivity index (χ4n) is 2.18. The Morgan fingerprint density at radius 1 is 0.897 bits per heavy atom. The van der Waals surface area contributed by atoms with Crippen molar-refractivity contribution in [3.63, 3.8) is 0 Å². The van der Waals surface area contributed by atoms with Crippen LogP contribution in [0.15, 0.2) is 0 Å². The third kappa shape index (κ3) is 8.85. The van der Waals surface area contributed by atoms with Gasteiger partial charge in [-0.2, -0.15) is 0 Å². The van der Waals surface area contributed by atoms with E-state index in [4.69, 9.17) is 16.6 Å². The highest BCUT2D eigenvalue weighted by molar-refractivity contribution is 5.96. The Balaban J connectivity index is 5.26. The van der Waals surface area contributed by atoms with Gasteiger partial charge in [0.2, 0.25) is 23.6 Å². The second kappa shape index (κ2) is 12.6. The molecule has 0 spiro atoms. The predicted octanol–water partition coefficient (Wildman–Crippen LogP) is -4.24. The van der Waals surface area contributed by atoms with E-state index in [2.05, 4.69) is 16.0 Å². The van der Waals surface area contributed by atoms with E-state index in [0.29, 0.717) is 6.42 Å². The Bertz CT molecular complexity index is 614. The molecule has 5 unspecified atom stereocenters. The quantitative estimate of drug-likeness (QED) is 0.144. The summed E-state index contributed by atoms with van der Waals surface area (Å²) in [6.45, 7) is 1.74. The van der Waals surface area contributed by atoms with Crippen LogP contribution in [0.3, 0.4) is 0 Å². The summed E-state index contributed by atoms with van der Waals surface area (Å²) in [5.74, 6) is -5.60. The van der Waals surface area contributed by atoms with Crippen molar-refractivity contribution in [2.45, 2.75) is 50.9 Å². The largest absolute Gasteiger partial charge is 0.480 e. The van der Waals surface area contributed by atoms with E-state index in [1.807, 2.05) is 0 Å². The number of amides is 4. The normalized spacial score (nSPS) is 15.9. The Kier molecular flexibility index (Phi) is 11.4. The summed E-state index contributed by atoms with van der Waals surface area (Å²) < 4.78 is 0. The molecule has 0 bridgehead atoms. The first-order valence-corrected chi connectivity index (χ1v) is 8.87. The van der Waals surface area contributed by atoms with Gasteiger partial charge in [0.1, 0.15) is 24.2 Å². The van der Waals surface area contributed by atoms with E-state index in [1.165, 1.54) is 0 Å². The summed E-state index contributed by atoms with van der Waals surface area (Å²) >= 11 is 0. The van der Waals surface area contributed by atoms with Crippen LogP contribution in [-0.2, 0) is 24.0 Å². The monoisotopic (exact) mass is 419 g/mol. The number of carboxylic acids is 1. The van der Waals surface area contributed by atoms with Crippen molar-refractivity contribution in [2.24, 2.45) is 17.4 Å². The minimum Gasteiger partial charge on any atom is -0.480 e. The van der Waals surface area contributed by atoms with Crippen LogP contribution in [0.25, 0.3) is 0 Å². The molecule has 0 aliphatic rings. The molecular weight excluding hydrogens is 390 g/mol. The standard InChI is InChI=1S/C16H29N5O8/c1-3-7(2)12(16(28)29)21-15(27)10(6-23)20-14(26)9(4-11(18)24)19-13(25)8(17)5-22/h7-10,12,22-23H,3-6,17H2,1-2H3,(H2,18,24)(H,19,25)(H,20,26)(H,21,27)(H,28,29). The van der Waals surface area contributed by atoms with Gasteiger partial charge in [-0.15, -0.1) is 0 Å². The van der Waals surface area contributed by atoms with Gasteiger partial charge in [0.15, 0.2) is 0 Å². The SMILES string of the molecule is CCC(C)C(NC(=O)C(CO)NC(=O)C(CC(N)=O)NC(=O)C(N)CO)C(=O)O. The van der Waals surface area contributed by atoms with Crippen LogP contribution in [0.2, 0.25) is 0 Å². The van der Waals surface area contributed by atoms with E-state index < -0.39 is 79.3 Å². The third-order valence-corrected chi connectivity index (χ3v) is 4.16.